The summed E-state index contributed by atoms with van der Waals surface area (Å²) in [7, 11) is -4.03. The molecule has 13 heteroatoms. The highest BCUT2D eigenvalue weighted by Gasteiger charge is 2.42. The molecule has 0 saturated carbocycles. The second kappa shape index (κ2) is 11.2. The molecular formula is C27H26ClN7O4S. The molecule has 0 bridgehead atoms. The lowest BCUT2D eigenvalue weighted by Gasteiger charge is -2.45. The van der Waals surface area contributed by atoms with Gasteiger partial charge in [-0.2, -0.15) is 4.31 Å². The zero-order valence-electron chi connectivity index (χ0n) is 21.2. The van der Waals surface area contributed by atoms with Gasteiger partial charge in [-0.05, 0) is 52.7 Å². The lowest BCUT2D eigenvalue weighted by molar-refractivity contribution is -0.118. The number of pyridine rings is 1. The van der Waals surface area contributed by atoms with Gasteiger partial charge in [-0.3, -0.25) is 14.6 Å². The molecule has 1 aliphatic heterocycles. The fourth-order valence-electron chi connectivity index (χ4n) is 4.98. The standard InChI is InChI=1S/C27H26ClN7O4S/c28-21-3-1-19-10-24(4-2-18(19)9-21)40(38,39)34-15-22(11-25(29)36)35(23(16-34)12-26(30)37)27-32-13-20(14-33-27)17-5-7-31-8-6-17/h1-10,13-14,22-23H,11-12,15-16H2,(H2,29,36)(H2,30,37)/t22-,23+. The third-order valence-corrected chi connectivity index (χ3v) is 8.85. The minimum atomic E-state index is -4.03. The molecule has 0 aliphatic carbocycles. The Labute approximate surface area is 235 Å². The number of amides is 2. The summed E-state index contributed by atoms with van der Waals surface area (Å²) in [5.41, 5.74) is 12.7. The van der Waals surface area contributed by atoms with Gasteiger partial charge in [0.15, 0.2) is 0 Å². The number of fused-ring (bicyclic) bond motifs is 1. The summed E-state index contributed by atoms with van der Waals surface area (Å²) in [6, 6.07) is 12.1. The maximum atomic E-state index is 13.8. The Bertz CT molecular complexity index is 1640. The van der Waals surface area contributed by atoms with Crippen LogP contribution in [0.1, 0.15) is 12.8 Å². The van der Waals surface area contributed by atoms with E-state index < -0.39 is 33.9 Å². The number of hydrogen-bond donors (Lipinski definition) is 2. The molecule has 4 N–H and O–H groups in total. The van der Waals surface area contributed by atoms with Crippen LogP contribution in [0.3, 0.4) is 0 Å². The van der Waals surface area contributed by atoms with E-state index >= 15 is 0 Å². The van der Waals surface area contributed by atoms with Crippen molar-refractivity contribution in [2.24, 2.45) is 11.5 Å². The van der Waals surface area contributed by atoms with E-state index in [2.05, 4.69) is 15.0 Å². The third-order valence-electron chi connectivity index (χ3n) is 6.78. The summed E-state index contributed by atoms with van der Waals surface area (Å²) in [6.45, 7) is -0.149. The number of nitrogens with two attached hydrogens (primary N) is 2. The normalized spacial score (nSPS) is 18.1. The van der Waals surface area contributed by atoms with Crippen LogP contribution < -0.4 is 16.4 Å². The number of carbonyl (C=O) groups is 2. The highest BCUT2D eigenvalue weighted by Crippen LogP contribution is 2.31. The highest BCUT2D eigenvalue weighted by atomic mass is 35.5. The van der Waals surface area contributed by atoms with Gasteiger partial charge in [-0.25, -0.2) is 18.4 Å². The van der Waals surface area contributed by atoms with E-state index in [1.165, 1.54) is 10.4 Å². The lowest BCUT2D eigenvalue weighted by atomic mass is 10.0. The van der Waals surface area contributed by atoms with Crippen molar-refractivity contribution in [1.82, 2.24) is 19.3 Å². The lowest BCUT2D eigenvalue weighted by Crippen LogP contribution is -2.62. The second-order valence-corrected chi connectivity index (χ2v) is 11.9. The van der Waals surface area contributed by atoms with E-state index in [4.69, 9.17) is 23.1 Å². The van der Waals surface area contributed by atoms with E-state index in [-0.39, 0.29) is 36.8 Å². The van der Waals surface area contributed by atoms with Crippen LogP contribution in [0.25, 0.3) is 21.9 Å². The molecule has 5 rings (SSSR count). The molecule has 206 valence electrons. The smallest absolute Gasteiger partial charge is 0.243 e. The highest BCUT2D eigenvalue weighted by molar-refractivity contribution is 7.89. The zero-order chi connectivity index (χ0) is 28.4. The molecule has 0 spiro atoms. The molecule has 1 saturated heterocycles. The van der Waals surface area contributed by atoms with Crippen LogP contribution in [-0.2, 0) is 19.6 Å². The number of hydrogen-bond acceptors (Lipinski definition) is 8. The molecule has 2 amide bonds. The Morgan fingerprint density at radius 1 is 0.850 bits per heavy atom. The van der Waals surface area contributed by atoms with Gasteiger partial charge in [0, 0.05) is 61.3 Å². The number of carbonyl (C=O) groups excluding carboxylic acids is 2. The number of piperazine rings is 1. The first kappa shape index (κ1) is 27.4. The molecule has 4 aromatic rings. The summed E-state index contributed by atoms with van der Waals surface area (Å²) < 4.78 is 28.9. The van der Waals surface area contributed by atoms with Crippen molar-refractivity contribution in [3.8, 4) is 11.1 Å². The van der Waals surface area contributed by atoms with Gasteiger partial charge in [0.1, 0.15) is 0 Å². The summed E-state index contributed by atoms with van der Waals surface area (Å²) in [5.74, 6) is -1.04. The van der Waals surface area contributed by atoms with Crippen LogP contribution in [0.2, 0.25) is 5.02 Å². The largest absolute Gasteiger partial charge is 0.370 e. The molecule has 1 fully saturated rings. The minimum Gasteiger partial charge on any atom is -0.370 e. The van der Waals surface area contributed by atoms with E-state index in [0.29, 0.717) is 10.4 Å². The molecule has 2 aromatic carbocycles. The molecule has 0 unspecified atom stereocenters. The number of rotatable bonds is 8. The summed E-state index contributed by atoms with van der Waals surface area (Å²) >= 11 is 6.07. The number of nitrogens with zero attached hydrogens (tertiary/aromatic N) is 5. The second-order valence-electron chi connectivity index (χ2n) is 9.54. The number of halogens is 1. The van der Waals surface area contributed by atoms with Crippen molar-refractivity contribution in [2.75, 3.05) is 18.0 Å². The van der Waals surface area contributed by atoms with Crippen molar-refractivity contribution in [3.63, 3.8) is 0 Å². The topological polar surface area (TPSA) is 165 Å². The maximum Gasteiger partial charge on any atom is 0.243 e. The monoisotopic (exact) mass is 579 g/mol. The number of anilines is 1. The first-order chi connectivity index (χ1) is 19.1. The van der Waals surface area contributed by atoms with E-state index in [9.17, 15) is 18.0 Å². The SMILES string of the molecule is NC(=O)C[C@@H]1CN(S(=O)(=O)c2ccc3cc(Cl)ccc3c2)C[C@H](CC(N)=O)N1c1ncc(-c2ccncc2)cn1. The van der Waals surface area contributed by atoms with Crippen molar-refractivity contribution < 1.29 is 18.0 Å². The summed E-state index contributed by atoms with van der Waals surface area (Å²) in [6.07, 6.45) is 6.16. The van der Waals surface area contributed by atoms with Gasteiger partial charge >= 0.3 is 0 Å². The number of sulfonamides is 1. The molecule has 3 heterocycles. The minimum absolute atomic E-state index is 0.0735. The summed E-state index contributed by atoms with van der Waals surface area (Å²) in [5, 5.41) is 2.04. The van der Waals surface area contributed by atoms with Crippen molar-refractivity contribution in [2.45, 2.75) is 29.8 Å². The van der Waals surface area contributed by atoms with Crippen molar-refractivity contribution in [1.29, 1.82) is 0 Å². The van der Waals surface area contributed by atoms with Crippen LogP contribution in [0, 0.1) is 0 Å². The van der Waals surface area contributed by atoms with Gasteiger partial charge in [0.25, 0.3) is 0 Å². The zero-order valence-corrected chi connectivity index (χ0v) is 22.8. The molecule has 40 heavy (non-hydrogen) atoms. The fourth-order valence-corrected chi connectivity index (χ4v) is 6.72. The van der Waals surface area contributed by atoms with Gasteiger partial charge < -0.3 is 16.4 Å². The predicted octanol–water partition coefficient (Wildman–Crippen LogP) is 2.34. The quantitative estimate of drug-likeness (QED) is 0.321. The van der Waals surface area contributed by atoms with Crippen LogP contribution in [0.15, 0.2) is 78.2 Å². The van der Waals surface area contributed by atoms with E-state index in [1.54, 1.807) is 60.0 Å². The molecule has 11 nitrogen and oxygen atoms in total. The van der Waals surface area contributed by atoms with Crippen LogP contribution >= 0.6 is 11.6 Å². The Balaban J connectivity index is 1.50. The van der Waals surface area contributed by atoms with Crippen LogP contribution in [0.4, 0.5) is 5.95 Å². The Kier molecular flexibility index (Phi) is 7.66. The molecule has 1 aliphatic rings. The summed E-state index contributed by atoms with van der Waals surface area (Å²) in [4.78, 5) is 38.9. The Morgan fingerprint density at radius 2 is 1.43 bits per heavy atom. The predicted molar refractivity (Wildman–Crippen MR) is 151 cm³/mol. The molecule has 2 aromatic heterocycles. The van der Waals surface area contributed by atoms with E-state index in [0.717, 1.165) is 16.5 Å². The average molecular weight is 580 g/mol. The fraction of sp³-hybridized carbons (Fsp3) is 0.222. The van der Waals surface area contributed by atoms with E-state index in [1.807, 2.05) is 12.1 Å². The average Bonchev–Trinajstić information content (AvgIpc) is 2.92. The van der Waals surface area contributed by atoms with Crippen molar-refractivity contribution >= 4 is 50.2 Å². The van der Waals surface area contributed by atoms with Gasteiger partial charge in [-0.1, -0.05) is 23.7 Å². The molecular weight excluding hydrogens is 554 g/mol. The molecule has 2 atom stereocenters. The molecule has 0 radical (unpaired) electrons. The number of aromatic nitrogens is 3. The third kappa shape index (κ3) is 5.74. The van der Waals surface area contributed by atoms with Crippen molar-refractivity contribution in [3.05, 3.63) is 78.3 Å². The van der Waals surface area contributed by atoms with Crippen LogP contribution in [-0.4, -0.2) is 64.7 Å². The van der Waals surface area contributed by atoms with Crippen LogP contribution in [0.5, 0.6) is 0 Å². The maximum absolute atomic E-state index is 13.8. The Morgan fingerprint density at radius 3 is 2.02 bits per heavy atom. The first-order valence-electron chi connectivity index (χ1n) is 12.4. The number of primary amides is 2. The first-order valence-corrected chi connectivity index (χ1v) is 14.2. The van der Waals surface area contributed by atoms with Gasteiger partial charge in [-0.15, -0.1) is 0 Å². The number of benzene rings is 2. The Hall–Kier alpha value is -4.13. The van der Waals surface area contributed by atoms with Gasteiger partial charge in [0.2, 0.25) is 27.8 Å². The van der Waals surface area contributed by atoms with Gasteiger partial charge in [0.05, 0.1) is 17.0 Å².